The number of piperazine rings is 1. The molecule has 5 nitrogen and oxygen atoms in total. The molecule has 0 aliphatic carbocycles. The number of hydrogen-bond acceptors (Lipinski definition) is 3. The van der Waals surface area contributed by atoms with Crippen molar-refractivity contribution in [3.8, 4) is 0 Å². The minimum absolute atomic E-state index is 0.00331. The molecule has 2 amide bonds. The van der Waals surface area contributed by atoms with Gasteiger partial charge in [-0.2, -0.15) is 0 Å². The van der Waals surface area contributed by atoms with Gasteiger partial charge in [0.1, 0.15) is 6.04 Å². The van der Waals surface area contributed by atoms with Crippen LogP contribution in [-0.4, -0.2) is 47.9 Å². The van der Waals surface area contributed by atoms with Crippen molar-refractivity contribution in [3.05, 3.63) is 0 Å². The first-order chi connectivity index (χ1) is 8.65. The maximum Gasteiger partial charge on any atom is 0.245 e. The lowest BCUT2D eigenvalue weighted by atomic mass is 10.0. The zero-order valence-electron chi connectivity index (χ0n) is 11.2. The van der Waals surface area contributed by atoms with E-state index in [-0.39, 0.29) is 23.9 Å². The van der Waals surface area contributed by atoms with Gasteiger partial charge in [-0.3, -0.25) is 9.59 Å². The van der Waals surface area contributed by atoms with Crippen LogP contribution in [0.2, 0.25) is 0 Å². The molecule has 2 unspecified atom stereocenters. The van der Waals surface area contributed by atoms with Crippen molar-refractivity contribution in [3.63, 3.8) is 0 Å². The predicted octanol–water partition coefficient (Wildman–Crippen LogP) is 0.254. The van der Waals surface area contributed by atoms with Crippen molar-refractivity contribution in [1.29, 1.82) is 0 Å². The summed E-state index contributed by atoms with van der Waals surface area (Å²) in [5, 5.41) is 6.25. The number of carbonyl (C=O) groups is 2. The fourth-order valence-electron chi connectivity index (χ4n) is 2.77. The molecule has 2 rings (SSSR count). The first-order valence-electron chi connectivity index (χ1n) is 6.98. The summed E-state index contributed by atoms with van der Waals surface area (Å²) < 4.78 is 0. The largest absolute Gasteiger partial charge is 0.344 e. The molecule has 3 atom stereocenters. The molecule has 102 valence electrons. The van der Waals surface area contributed by atoms with Crippen LogP contribution in [0.3, 0.4) is 0 Å². The highest BCUT2D eigenvalue weighted by Gasteiger charge is 2.36. The highest BCUT2D eigenvalue weighted by atomic mass is 16.2. The molecule has 2 N–H and O–H groups in total. The first-order valence-corrected chi connectivity index (χ1v) is 6.98. The number of carbonyl (C=O) groups excluding carboxylic acids is 2. The van der Waals surface area contributed by atoms with Gasteiger partial charge in [0.2, 0.25) is 11.8 Å². The Kier molecular flexibility index (Phi) is 4.22. The van der Waals surface area contributed by atoms with Crippen LogP contribution in [0.15, 0.2) is 0 Å². The van der Waals surface area contributed by atoms with E-state index in [0.29, 0.717) is 18.9 Å². The van der Waals surface area contributed by atoms with Crippen LogP contribution in [0.25, 0.3) is 0 Å². The SMILES string of the molecule is CCC1CN(C(=O)[C@@H]2CCC(=O)N2)C(CC)CN1. The van der Waals surface area contributed by atoms with Gasteiger partial charge in [-0.05, 0) is 19.3 Å². The summed E-state index contributed by atoms with van der Waals surface area (Å²) in [6, 6.07) is 0.355. The van der Waals surface area contributed by atoms with Gasteiger partial charge >= 0.3 is 0 Å². The molecule has 18 heavy (non-hydrogen) atoms. The van der Waals surface area contributed by atoms with Crippen molar-refractivity contribution >= 4 is 11.8 Å². The fraction of sp³-hybridized carbons (Fsp3) is 0.846. The van der Waals surface area contributed by atoms with Gasteiger partial charge in [0, 0.05) is 31.6 Å². The lowest BCUT2D eigenvalue weighted by Gasteiger charge is -2.41. The molecule has 0 bridgehead atoms. The van der Waals surface area contributed by atoms with Gasteiger partial charge in [-0.1, -0.05) is 13.8 Å². The molecule has 0 spiro atoms. The molecule has 0 aromatic rings. The van der Waals surface area contributed by atoms with E-state index >= 15 is 0 Å². The van der Waals surface area contributed by atoms with E-state index in [9.17, 15) is 9.59 Å². The van der Waals surface area contributed by atoms with Crippen molar-refractivity contribution in [1.82, 2.24) is 15.5 Å². The summed E-state index contributed by atoms with van der Waals surface area (Å²) in [7, 11) is 0. The van der Waals surface area contributed by atoms with Crippen LogP contribution in [0.4, 0.5) is 0 Å². The molecule has 2 aliphatic heterocycles. The lowest BCUT2D eigenvalue weighted by Crippen LogP contribution is -2.60. The van der Waals surface area contributed by atoms with E-state index in [1.54, 1.807) is 0 Å². The molecule has 0 aromatic carbocycles. The molecule has 0 saturated carbocycles. The quantitative estimate of drug-likeness (QED) is 0.758. The number of nitrogens with one attached hydrogen (secondary N) is 2. The Morgan fingerprint density at radius 3 is 2.72 bits per heavy atom. The third-order valence-electron chi connectivity index (χ3n) is 4.04. The molecule has 2 aliphatic rings. The second-order valence-electron chi connectivity index (χ2n) is 5.22. The first kappa shape index (κ1) is 13.3. The standard InChI is InChI=1S/C13H23N3O2/c1-3-9-8-16(10(4-2)7-14-9)13(18)11-5-6-12(17)15-11/h9-11,14H,3-8H2,1-2H3,(H,15,17)/t9?,10?,11-/m0/s1. The second kappa shape index (κ2) is 5.69. The summed E-state index contributed by atoms with van der Waals surface area (Å²) in [6.45, 7) is 5.86. The predicted molar refractivity (Wildman–Crippen MR) is 69.0 cm³/mol. The second-order valence-corrected chi connectivity index (χ2v) is 5.22. The maximum absolute atomic E-state index is 12.5. The zero-order valence-corrected chi connectivity index (χ0v) is 11.2. The molecular weight excluding hydrogens is 230 g/mol. The third-order valence-corrected chi connectivity index (χ3v) is 4.04. The van der Waals surface area contributed by atoms with Crippen LogP contribution < -0.4 is 10.6 Å². The highest BCUT2D eigenvalue weighted by molar-refractivity contribution is 5.91. The molecule has 2 saturated heterocycles. The summed E-state index contributed by atoms with van der Waals surface area (Å²) >= 11 is 0. The van der Waals surface area contributed by atoms with Gasteiger partial charge in [-0.25, -0.2) is 0 Å². The van der Waals surface area contributed by atoms with Crippen molar-refractivity contribution < 1.29 is 9.59 Å². The number of nitrogens with zero attached hydrogens (tertiary/aromatic N) is 1. The molecule has 0 aromatic heterocycles. The topological polar surface area (TPSA) is 61.4 Å². The Labute approximate surface area is 108 Å². The Morgan fingerprint density at radius 1 is 1.39 bits per heavy atom. The van der Waals surface area contributed by atoms with Gasteiger partial charge in [0.15, 0.2) is 0 Å². The number of hydrogen-bond donors (Lipinski definition) is 2. The van der Waals surface area contributed by atoms with Crippen LogP contribution >= 0.6 is 0 Å². The smallest absolute Gasteiger partial charge is 0.245 e. The van der Waals surface area contributed by atoms with E-state index in [0.717, 1.165) is 25.9 Å². The van der Waals surface area contributed by atoms with Crippen LogP contribution in [0, 0.1) is 0 Å². The zero-order chi connectivity index (χ0) is 13.1. The van der Waals surface area contributed by atoms with Crippen molar-refractivity contribution in [2.45, 2.75) is 57.7 Å². The fourth-order valence-corrected chi connectivity index (χ4v) is 2.77. The van der Waals surface area contributed by atoms with E-state index in [2.05, 4.69) is 24.5 Å². The lowest BCUT2D eigenvalue weighted by molar-refractivity contribution is -0.138. The number of rotatable bonds is 3. The third kappa shape index (κ3) is 2.66. The van der Waals surface area contributed by atoms with Gasteiger partial charge in [0.25, 0.3) is 0 Å². The molecule has 0 radical (unpaired) electrons. The van der Waals surface area contributed by atoms with Crippen LogP contribution in [0.1, 0.15) is 39.5 Å². The van der Waals surface area contributed by atoms with Gasteiger partial charge in [0.05, 0.1) is 0 Å². The van der Waals surface area contributed by atoms with E-state index in [1.165, 1.54) is 0 Å². The Balaban J connectivity index is 2.03. The average Bonchev–Trinajstić information content (AvgIpc) is 2.83. The van der Waals surface area contributed by atoms with E-state index in [1.807, 2.05) is 4.90 Å². The normalized spacial score (nSPS) is 32.4. The number of amides is 2. The molecular formula is C13H23N3O2. The minimum atomic E-state index is -0.290. The highest BCUT2D eigenvalue weighted by Crippen LogP contribution is 2.17. The minimum Gasteiger partial charge on any atom is -0.344 e. The summed E-state index contributed by atoms with van der Waals surface area (Å²) in [4.78, 5) is 25.7. The average molecular weight is 253 g/mol. The van der Waals surface area contributed by atoms with Gasteiger partial charge in [-0.15, -0.1) is 0 Å². The summed E-state index contributed by atoms with van der Waals surface area (Å²) in [5.41, 5.74) is 0. The molecule has 5 heteroatoms. The van der Waals surface area contributed by atoms with E-state index in [4.69, 9.17) is 0 Å². The Hall–Kier alpha value is -1.10. The Bertz CT molecular complexity index is 332. The van der Waals surface area contributed by atoms with E-state index < -0.39 is 0 Å². The van der Waals surface area contributed by atoms with Crippen LogP contribution in [-0.2, 0) is 9.59 Å². The van der Waals surface area contributed by atoms with Crippen molar-refractivity contribution in [2.24, 2.45) is 0 Å². The summed E-state index contributed by atoms with van der Waals surface area (Å²) in [6.07, 6.45) is 3.11. The van der Waals surface area contributed by atoms with Crippen LogP contribution in [0.5, 0.6) is 0 Å². The summed E-state index contributed by atoms with van der Waals surface area (Å²) in [5.74, 6) is 0.108. The monoisotopic (exact) mass is 253 g/mol. The van der Waals surface area contributed by atoms with Gasteiger partial charge < -0.3 is 15.5 Å². The van der Waals surface area contributed by atoms with Crippen molar-refractivity contribution in [2.75, 3.05) is 13.1 Å². The maximum atomic E-state index is 12.5. The Morgan fingerprint density at radius 2 is 2.17 bits per heavy atom. The molecule has 2 fully saturated rings. The molecule has 2 heterocycles.